The van der Waals surface area contributed by atoms with Crippen LogP contribution in [0, 0.1) is 5.41 Å². The Kier molecular flexibility index (Phi) is 5.58. The molecule has 1 fully saturated rings. The fourth-order valence-corrected chi connectivity index (χ4v) is 5.37. The third-order valence-electron chi connectivity index (χ3n) is 6.11. The van der Waals surface area contributed by atoms with E-state index < -0.39 is 0 Å². The first-order valence-electron chi connectivity index (χ1n) is 10.3. The predicted molar refractivity (Wildman–Crippen MR) is 115 cm³/mol. The summed E-state index contributed by atoms with van der Waals surface area (Å²) < 4.78 is 0. The zero-order valence-electron chi connectivity index (χ0n) is 17.2. The number of hydrogen-bond donors (Lipinski definition) is 2. The van der Waals surface area contributed by atoms with Crippen LogP contribution in [0.25, 0.3) is 10.6 Å². The summed E-state index contributed by atoms with van der Waals surface area (Å²) in [5.41, 5.74) is 2.76. The standard InChI is InChI=1S/C21H31N5OS/c1-21(2)7-5-15-17(19(21)27)20(28-18(15)16-6-9-23-24-16)22-8-4-10-26-13-11-25(3)12-14-26/h6,9,22H,4-5,7-8,10-14H2,1-3H3,(H,23,24). The second kappa shape index (κ2) is 7.97. The van der Waals surface area contributed by atoms with Crippen molar-refractivity contribution in [3.8, 4) is 10.6 Å². The van der Waals surface area contributed by atoms with E-state index in [2.05, 4.69) is 46.2 Å². The van der Waals surface area contributed by atoms with Gasteiger partial charge < -0.3 is 15.1 Å². The molecule has 0 spiro atoms. The van der Waals surface area contributed by atoms with Crippen LogP contribution in [0.2, 0.25) is 0 Å². The second-order valence-electron chi connectivity index (χ2n) is 8.71. The van der Waals surface area contributed by atoms with Gasteiger partial charge in [-0.3, -0.25) is 9.89 Å². The summed E-state index contributed by atoms with van der Waals surface area (Å²) >= 11 is 1.69. The highest BCUT2D eigenvalue weighted by Crippen LogP contribution is 2.47. The SMILES string of the molecule is CN1CCN(CCCNc2sc(-c3cc[nH]n3)c3c2C(=O)C(C)(C)CC3)CC1. The number of H-pyrrole nitrogens is 1. The van der Waals surface area contributed by atoms with Crippen molar-refractivity contribution in [2.45, 2.75) is 33.1 Å². The second-order valence-corrected chi connectivity index (χ2v) is 9.73. The Hall–Kier alpha value is -1.70. The van der Waals surface area contributed by atoms with Crippen LogP contribution in [0.4, 0.5) is 5.00 Å². The molecular formula is C21H31N5OS. The van der Waals surface area contributed by atoms with E-state index >= 15 is 0 Å². The number of nitrogens with zero attached hydrogens (tertiary/aromatic N) is 3. The van der Waals surface area contributed by atoms with E-state index in [1.54, 1.807) is 11.3 Å². The van der Waals surface area contributed by atoms with Crippen LogP contribution in [-0.4, -0.2) is 72.1 Å². The number of fused-ring (bicyclic) bond motifs is 1. The summed E-state index contributed by atoms with van der Waals surface area (Å²) in [4.78, 5) is 19.2. The number of thiophene rings is 1. The predicted octanol–water partition coefficient (Wildman–Crippen LogP) is 3.34. The normalized spacial score (nSPS) is 20.3. The van der Waals surface area contributed by atoms with E-state index in [1.807, 2.05) is 12.3 Å². The molecule has 0 unspecified atom stereocenters. The highest BCUT2D eigenvalue weighted by Gasteiger charge is 2.39. The Bertz CT molecular complexity index is 818. The number of aromatic nitrogens is 2. The first-order valence-corrected chi connectivity index (χ1v) is 11.1. The number of carbonyl (C=O) groups is 1. The molecule has 1 aliphatic carbocycles. The maximum atomic E-state index is 13.2. The van der Waals surface area contributed by atoms with Gasteiger partial charge in [-0.15, -0.1) is 11.3 Å². The lowest BCUT2D eigenvalue weighted by Gasteiger charge is -2.32. The maximum absolute atomic E-state index is 13.2. The zero-order chi connectivity index (χ0) is 19.7. The Labute approximate surface area is 171 Å². The molecule has 7 heteroatoms. The number of nitrogens with one attached hydrogen (secondary N) is 2. The molecule has 1 saturated heterocycles. The van der Waals surface area contributed by atoms with Gasteiger partial charge in [-0.1, -0.05) is 13.8 Å². The minimum absolute atomic E-state index is 0.272. The average molecular weight is 402 g/mol. The molecule has 0 radical (unpaired) electrons. The molecule has 0 atom stereocenters. The van der Waals surface area contributed by atoms with Crippen LogP contribution in [0.3, 0.4) is 0 Å². The molecule has 0 aromatic carbocycles. The number of anilines is 1. The summed E-state index contributed by atoms with van der Waals surface area (Å²) in [6, 6.07) is 1.99. The minimum atomic E-state index is -0.285. The smallest absolute Gasteiger partial charge is 0.171 e. The maximum Gasteiger partial charge on any atom is 0.171 e. The third-order valence-corrected chi connectivity index (χ3v) is 7.33. The molecule has 2 aromatic heterocycles. The average Bonchev–Trinajstić information content (AvgIpc) is 3.31. The lowest BCUT2D eigenvalue weighted by Crippen LogP contribution is -2.44. The van der Waals surface area contributed by atoms with E-state index in [-0.39, 0.29) is 11.2 Å². The molecule has 2 aliphatic rings. The van der Waals surface area contributed by atoms with Gasteiger partial charge in [0.2, 0.25) is 0 Å². The van der Waals surface area contributed by atoms with Crippen molar-refractivity contribution in [1.82, 2.24) is 20.0 Å². The van der Waals surface area contributed by atoms with Crippen LogP contribution in [-0.2, 0) is 6.42 Å². The number of ketones is 1. The summed E-state index contributed by atoms with van der Waals surface area (Å²) in [5, 5.41) is 11.9. The van der Waals surface area contributed by atoms with Crippen LogP contribution < -0.4 is 5.32 Å². The van der Waals surface area contributed by atoms with Crippen molar-refractivity contribution in [3.63, 3.8) is 0 Å². The van der Waals surface area contributed by atoms with Gasteiger partial charge in [0.1, 0.15) is 10.7 Å². The Morgan fingerprint density at radius 2 is 2.07 bits per heavy atom. The van der Waals surface area contributed by atoms with Gasteiger partial charge in [0.15, 0.2) is 5.78 Å². The van der Waals surface area contributed by atoms with Crippen LogP contribution in [0.5, 0.6) is 0 Å². The van der Waals surface area contributed by atoms with Crippen LogP contribution in [0.15, 0.2) is 12.3 Å². The number of hydrogen-bond acceptors (Lipinski definition) is 6. The number of likely N-dealkylation sites (N-methyl/N-ethyl adjacent to an activating group) is 1. The molecular weight excluding hydrogens is 370 g/mol. The highest BCUT2D eigenvalue weighted by molar-refractivity contribution is 7.20. The van der Waals surface area contributed by atoms with Crippen molar-refractivity contribution >= 4 is 22.1 Å². The first-order chi connectivity index (χ1) is 13.5. The number of carbonyl (C=O) groups excluding carboxylic acids is 1. The Morgan fingerprint density at radius 1 is 1.29 bits per heavy atom. The van der Waals surface area contributed by atoms with E-state index in [0.29, 0.717) is 0 Å². The third kappa shape index (κ3) is 3.88. The summed E-state index contributed by atoms with van der Waals surface area (Å²) in [7, 11) is 2.19. The van der Waals surface area contributed by atoms with Gasteiger partial charge in [0.25, 0.3) is 0 Å². The Morgan fingerprint density at radius 3 is 2.79 bits per heavy atom. The molecule has 6 nitrogen and oxygen atoms in total. The molecule has 1 aliphatic heterocycles. The van der Waals surface area contributed by atoms with E-state index in [0.717, 1.165) is 79.7 Å². The lowest BCUT2D eigenvalue weighted by atomic mass is 9.73. The molecule has 0 saturated carbocycles. The Balaban J connectivity index is 1.47. The summed E-state index contributed by atoms with van der Waals surface area (Å²) in [6.45, 7) is 10.8. The monoisotopic (exact) mass is 401 g/mol. The molecule has 28 heavy (non-hydrogen) atoms. The van der Waals surface area contributed by atoms with Gasteiger partial charge >= 0.3 is 0 Å². The molecule has 4 rings (SSSR count). The first kappa shape index (κ1) is 19.6. The fourth-order valence-electron chi connectivity index (χ4n) is 4.13. The molecule has 2 aromatic rings. The van der Waals surface area contributed by atoms with Gasteiger partial charge in [0, 0.05) is 44.3 Å². The lowest BCUT2D eigenvalue weighted by molar-refractivity contribution is 0.0813. The number of rotatable bonds is 6. The van der Waals surface area contributed by atoms with E-state index in [9.17, 15) is 4.79 Å². The van der Waals surface area contributed by atoms with E-state index in [4.69, 9.17) is 0 Å². The van der Waals surface area contributed by atoms with Gasteiger partial charge in [-0.2, -0.15) is 5.10 Å². The fraction of sp³-hybridized carbons (Fsp3) is 0.619. The number of Topliss-reactive ketones (excluding diaryl/α,β-unsaturated/α-hetero) is 1. The summed E-state index contributed by atoms with van der Waals surface area (Å²) in [5.74, 6) is 0.272. The summed E-state index contributed by atoms with van der Waals surface area (Å²) in [6.07, 6.45) is 4.77. The van der Waals surface area contributed by atoms with Crippen LogP contribution >= 0.6 is 11.3 Å². The quantitative estimate of drug-likeness (QED) is 0.727. The molecule has 2 N–H and O–H groups in total. The van der Waals surface area contributed by atoms with Crippen LogP contribution in [0.1, 0.15) is 42.6 Å². The topological polar surface area (TPSA) is 64.3 Å². The van der Waals surface area contributed by atoms with Gasteiger partial charge in [-0.25, -0.2) is 0 Å². The van der Waals surface area contributed by atoms with Crippen molar-refractivity contribution < 1.29 is 4.79 Å². The molecule has 0 amide bonds. The highest BCUT2D eigenvalue weighted by atomic mass is 32.1. The molecule has 3 heterocycles. The van der Waals surface area contributed by atoms with Crippen molar-refractivity contribution in [1.29, 1.82) is 0 Å². The molecule has 0 bridgehead atoms. The minimum Gasteiger partial charge on any atom is -0.376 e. The molecule has 152 valence electrons. The van der Waals surface area contributed by atoms with Gasteiger partial charge in [0.05, 0.1) is 10.4 Å². The van der Waals surface area contributed by atoms with Crippen molar-refractivity contribution in [2.24, 2.45) is 5.41 Å². The van der Waals surface area contributed by atoms with E-state index in [1.165, 1.54) is 5.56 Å². The largest absolute Gasteiger partial charge is 0.376 e. The van der Waals surface area contributed by atoms with Gasteiger partial charge in [-0.05, 0) is 44.5 Å². The van der Waals surface area contributed by atoms with Crippen molar-refractivity contribution in [2.75, 3.05) is 51.6 Å². The number of aromatic amines is 1. The van der Waals surface area contributed by atoms with Crippen molar-refractivity contribution in [3.05, 3.63) is 23.4 Å². The zero-order valence-corrected chi connectivity index (χ0v) is 18.0. The number of piperazine rings is 1.